The highest BCUT2D eigenvalue weighted by Gasteiger charge is 2.28. The normalized spacial score (nSPS) is 24.6. The van der Waals surface area contributed by atoms with Crippen LogP contribution in [0.5, 0.6) is 0 Å². The molecule has 2 aliphatic rings. The number of aldehydes is 1. The van der Waals surface area contributed by atoms with Gasteiger partial charge in [0, 0.05) is 5.92 Å². The molecule has 1 saturated heterocycles. The number of nitrogens with zero attached hydrogens (tertiary/aromatic N) is 1. The number of piperidine rings is 1. The summed E-state index contributed by atoms with van der Waals surface area (Å²) in [4.78, 5) is 12.6. The summed E-state index contributed by atoms with van der Waals surface area (Å²) in [6.07, 6.45) is 15.7. The van der Waals surface area contributed by atoms with Crippen molar-refractivity contribution in [3.63, 3.8) is 0 Å². The van der Waals surface area contributed by atoms with E-state index in [0.29, 0.717) is 5.92 Å². The third kappa shape index (κ3) is 17.9. The SMILES string of the molecule is CC.CC1CCC(C2CCN(C)CC2)CC1.CCC(C)C(C)C=O.CCCC(CC)CC(C)O. The number of carbonyl (C=O) groups is 1. The summed E-state index contributed by atoms with van der Waals surface area (Å²) in [5, 5.41) is 9.08. The van der Waals surface area contributed by atoms with Crippen molar-refractivity contribution < 1.29 is 9.90 Å². The molecule has 34 heavy (non-hydrogen) atoms. The average molecular weight is 484 g/mol. The van der Waals surface area contributed by atoms with E-state index in [0.717, 1.165) is 42.8 Å². The van der Waals surface area contributed by atoms with Crippen molar-refractivity contribution in [1.82, 2.24) is 4.90 Å². The van der Waals surface area contributed by atoms with E-state index in [1.165, 1.54) is 70.9 Å². The summed E-state index contributed by atoms with van der Waals surface area (Å²) in [6.45, 7) is 21.5. The fraction of sp³-hybridized carbons (Fsp3) is 0.968. The van der Waals surface area contributed by atoms with Crippen molar-refractivity contribution in [1.29, 1.82) is 0 Å². The fourth-order valence-corrected chi connectivity index (χ4v) is 5.14. The van der Waals surface area contributed by atoms with Crippen molar-refractivity contribution in [2.75, 3.05) is 20.1 Å². The van der Waals surface area contributed by atoms with Crippen LogP contribution in [0, 0.1) is 35.5 Å². The second-order valence-corrected chi connectivity index (χ2v) is 11.2. The molecule has 1 heterocycles. The highest BCUT2D eigenvalue weighted by atomic mass is 16.3. The molecular weight excluding hydrogens is 418 g/mol. The molecule has 1 saturated carbocycles. The van der Waals surface area contributed by atoms with Gasteiger partial charge in [0.05, 0.1) is 6.10 Å². The predicted molar refractivity (Wildman–Crippen MR) is 152 cm³/mol. The summed E-state index contributed by atoms with van der Waals surface area (Å²) in [5.41, 5.74) is 0. The van der Waals surface area contributed by atoms with Crippen LogP contribution in [0.15, 0.2) is 0 Å². The van der Waals surface area contributed by atoms with E-state index in [-0.39, 0.29) is 12.0 Å². The maximum absolute atomic E-state index is 10.1. The lowest BCUT2D eigenvalue weighted by molar-refractivity contribution is -0.111. The Bertz CT molecular complexity index is 403. The molecule has 3 nitrogen and oxygen atoms in total. The van der Waals surface area contributed by atoms with Crippen molar-refractivity contribution in [3.8, 4) is 0 Å². The summed E-state index contributed by atoms with van der Waals surface area (Å²) < 4.78 is 0. The van der Waals surface area contributed by atoms with Crippen LogP contribution >= 0.6 is 0 Å². The number of aliphatic hydroxyl groups is 1. The third-order valence-corrected chi connectivity index (χ3v) is 8.20. The molecule has 3 heteroatoms. The minimum absolute atomic E-state index is 0.114. The van der Waals surface area contributed by atoms with E-state index < -0.39 is 0 Å². The third-order valence-electron chi connectivity index (χ3n) is 8.20. The van der Waals surface area contributed by atoms with Crippen LogP contribution in [-0.2, 0) is 4.79 Å². The summed E-state index contributed by atoms with van der Waals surface area (Å²) in [6, 6.07) is 0. The van der Waals surface area contributed by atoms with Crippen LogP contribution in [0.2, 0.25) is 0 Å². The van der Waals surface area contributed by atoms with Gasteiger partial charge in [-0.25, -0.2) is 0 Å². The molecule has 206 valence electrons. The molecule has 0 bridgehead atoms. The number of hydrogen-bond acceptors (Lipinski definition) is 3. The Balaban J connectivity index is 0. The highest BCUT2D eigenvalue weighted by molar-refractivity contribution is 5.53. The van der Waals surface area contributed by atoms with E-state index in [9.17, 15) is 4.79 Å². The predicted octanol–water partition coefficient (Wildman–Crippen LogP) is 8.63. The van der Waals surface area contributed by atoms with Crippen molar-refractivity contribution >= 4 is 6.29 Å². The molecule has 4 atom stereocenters. The van der Waals surface area contributed by atoms with Crippen molar-refractivity contribution in [3.05, 3.63) is 0 Å². The topological polar surface area (TPSA) is 40.5 Å². The Hall–Kier alpha value is -0.410. The van der Waals surface area contributed by atoms with Crippen LogP contribution in [0.1, 0.15) is 133 Å². The van der Waals surface area contributed by atoms with E-state index in [1.807, 2.05) is 27.7 Å². The Morgan fingerprint density at radius 3 is 1.74 bits per heavy atom. The van der Waals surface area contributed by atoms with E-state index in [1.54, 1.807) is 0 Å². The second kappa shape index (κ2) is 23.0. The molecule has 1 N–H and O–H groups in total. The van der Waals surface area contributed by atoms with Gasteiger partial charge < -0.3 is 14.8 Å². The molecule has 4 unspecified atom stereocenters. The molecule has 0 aromatic carbocycles. The van der Waals surface area contributed by atoms with Crippen LogP contribution in [0.3, 0.4) is 0 Å². The van der Waals surface area contributed by atoms with Crippen LogP contribution < -0.4 is 0 Å². The second-order valence-electron chi connectivity index (χ2n) is 11.2. The first-order valence-electron chi connectivity index (χ1n) is 15.0. The zero-order chi connectivity index (χ0) is 26.5. The molecule has 0 aromatic heterocycles. The molecule has 2 fully saturated rings. The van der Waals surface area contributed by atoms with Gasteiger partial charge in [-0.1, -0.05) is 93.9 Å². The lowest BCUT2D eigenvalue weighted by atomic mass is 9.73. The Kier molecular flexibility index (Phi) is 24.2. The lowest BCUT2D eigenvalue weighted by Gasteiger charge is -2.37. The van der Waals surface area contributed by atoms with Crippen LogP contribution in [0.25, 0.3) is 0 Å². The first kappa shape index (κ1) is 35.8. The summed E-state index contributed by atoms with van der Waals surface area (Å²) in [5.74, 6) is 4.69. The zero-order valence-electron chi connectivity index (χ0n) is 25.1. The smallest absolute Gasteiger partial charge is 0.123 e. The first-order valence-corrected chi connectivity index (χ1v) is 15.0. The standard InChI is InChI=1S/C13H25N.C9H20O.C7H14O.C2H6/c1-11-3-5-12(6-4-11)13-7-9-14(2)10-8-13;1-4-6-9(5-2)7-8(3)10;1-4-6(2)7(3)5-8;1-2/h11-13H,3-10H2,1-2H3;8-10H,4-7H2,1-3H3;5-7H,4H2,1-3H3;1-2H3. The lowest BCUT2D eigenvalue weighted by Crippen LogP contribution is -2.34. The Morgan fingerprint density at radius 2 is 1.38 bits per heavy atom. The van der Waals surface area contributed by atoms with Crippen molar-refractivity contribution in [2.45, 2.75) is 139 Å². The number of rotatable bonds is 9. The molecule has 1 aliphatic heterocycles. The van der Waals surface area contributed by atoms with Gasteiger partial charge in [-0.2, -0.15) is 0 Å². The number of carbonyl (C=O) groups excluding carboxylic acids is 1. The molecule has 2 rings (SSSR count). The molecule has 0 aromatic rings. The quantitative estimate of drug-likeness (QED) is 0.334. The molecule has 0 spiro atoms. The fourth-order valence-electron chi connectivity index (χ4n) is 5.14. The van der Waals surface area contributed by atoms with Gasteiger partial charge in [0.15, 0.2) is 0 Å². The summed E-state index contributed by atoms with van der Waals surface area (Å²) in [7, 11) is 2.26. The monoisotopic (exact) mass is 484 g/mol. The van der Waals surface area contributed by atoms with Gasteiger partial charge in [0.25, 0.3) is 0 Å². The number of aliphatic hydroxyl groups excluding tert-OH is 1. The minimum atomic E-state index is -0.114. The Morgan fingerprint density at radius 1 is 0.882 bits per heavy atom. The van der Waals surface area contributed by atoms with Gasteiger partial charge in [0.1, 0.15) is 6.29 Å². The van der Waals surface area contributed by atoms with Gasteiger partial charge in [-0.3, -0.25) is 0 Å². The molecule has 0 radical (unpaired) electrons. The van der Waals surface area contributed by atoms with Crippen LogP contribution in [0.4, 0.5) is 0 Å². The maximum Gasteiger partial charge on any atom is 0.123 e. The highest BCUT2D eigenvalue weighted by Crippen LogP contribution is 2.37. The number of hydrogen-bond donors (Lipinski definition) is 1. The van der Waals surface area contributed by atoms with E-state index in [2.05, 4.69) is 46.6 Å². The maximum atomic E-state index is 10.1. The minimum Gasteiger partial charge on any atom is -0.393 e. The van der Waals surface area contributed by atoms with Gasteiger partial charge in [-0.15, -0.1) is 0 Å². The Labute approximate surface area is 215 Å². The average Bonchev–Trinajstić information content (AvgIpc) is 2.85. The van der Waals surface area contributed by atoms with Gasteiger partial charge >= 0.3 is 0 Å². The van der Waals surface area contributed by atoms with E-state index >= 15 is 0 Å². The van der Waals surface area contributed by atoms with Gasteiger partial charge in [0.2, 0.25) is 0 Å². The van der Waals surface area contributed by atoms with Crippen LogP contribution in [-0.4, -0.2) is 42.5 Å². The largest absolute Gasteiger partial charge is 0.393 e. The summed E-state index contributed by atoms with van der Waals surface area (Å²) >= 11 is 0. The molecular formula is C31H65NO2. The van der Waals surface area contributed by atoms with Crippen molar-refractivity contribution in [2.24, 2.45) is 35.5 Å². The number of likely N-dealkylation sites (tertiary alicyclic amines) is 1. The van der Waals surface area contributed by atoms with E-state index in [4.69, 9.17) is 5.11 Å². The van der Waals surface area contributed by atoms with Gasteiger partial charge in [-0.05, 0) is 88.8 Å². The first-order chi connectivity index (χ1) is 16.2. The zero-order valence-corrected chi connectivity index (χ0v) is 25.1. The molecule has 0 amide bonds. The molecule has 1 aliphatic carbocycles.